The van der Waals surface area contributed by atoms with Gasteiger partial charge in [-0.15, -0.1) is 0 Å². The Morgan fingerprint density at radius 1 is 1.05 bits per heavy atom. The zero-order chi connectivity index (χ0) is 14.8. The molecule has 0 amide bonds. The highest BCUT2D eigenvalue weighted by Gasteiger charge is 2.27. The van der Waals surface area contributed by atoms with Gasteiger partial charge in [-0.2, -0.15) is 0 Å². The van der Waals surface area contributed by atoms with Gasteiger partial charge in [0.25, 0.3) is 5.56 Å². The summed E-state index contributed by atoms with van der Waals surface area (Å²) in [6.45, 7) is 4.65. The molecule has 2 saturated carbocycles. The highest BCUT2D eigenvalue weighted by molar-refractivity contribution is 5.12. The molecule has 2 fully saturated rings. The fourth-order valence-corrected chi connectivity index (χ4v) is 4.18. The molecule has 1 aromatic heterocycles. The van der Waals surface area contributed by atoms with Crippen LogP contribution in [-0.2, 0) is 0 Å². The highest BCUT2D eigenvalue weighted by Crippen LogP contribution is 2.38. The number of H-pyrrole nitrogens is 1. The summed E-state index contributed by atoms with van der Waals surface area (Å²) in [6, 6.07) is 1.74. The van der Waals surface area contributed by atoms with Crippen LogP contribution in [-0.4, -0.2) is 9.97 Å². The van der Waals surface area contributed by atoms with Crippen LogP contribution in [0.15, 0.2) is 10.9 Å². The van der Waals surface area contributed by atoms with Crippen LogP contribution in [0, 0.1) is 11.8 Å². The molecule has 2 aliphatic rings. The van der Waals surface area contributed by atoms with Crippen LogP contribution in [0.3, 0.4) is 0 Å². The molecule has 1 aromatic rings. The molecule has 1 N–H and O–H groups in total. The average molecular weight is 288 g/mol. The predicted molar refractivity (Wildman–Crippen MR) is 85.6 cm³/mol. The monoisotopic (exact) mass is 288 g/mol. The molecule has 116 valence electrons. The molecule has 3 rings (SSSR count). The van der Waals surface area contributed by atoms with Crippen LogP contribution in [0.4, 0.5) is 0 Å². The van der Waals surface area contributed by atoms with Gasteiger partial charge in [-0.25, -0.2) is 4.98 Å². The number of aromatic nitrogens is 2. The molecule has 0 saturated heterocycles. The lowest BCUT2D eigenvalue weighted by Gasteiger charge is -2.30. The van der Waals surface area contributed by atoms with Gasteiger partial charge >= 0.3 is 0 Å². The Bertz CT molecular complexity index is 520. The summed E-state index contributed by atoms with van der Waals surface area (Å²) in [5.41, 5.74) is 1.10. The smallest absolute Gasteiger partial charge is 0.251 e. The van der Waals surface area contributed by atoms with Crippen molar-refractivity contribution in [2.24, 2.45) is 11.8 Å². The summed E-state index contributed by atoms with van der Waals surface area (Å²) >= 11 is 0. The highest BCUT2D eigenvalue weighted by atomic mass is 16.1. The average Bonchev–Trinajstić information content (AvgIpc) is 3.01. The quantitative estimate of drug-likeness (QED) is 0.898. The molecule has 3 nitrogen and oxygen atoms in total. The number of nitrogens with one attached hydrogen (secondary N) is 1. The van der Waals surface area contributed by atoms with E-state index in [2.05, 4.69) is 18.8 Å². The van der Waals surface area contributed by atoms with Crippen LogP contribution < -0.4 is 5.56 Å². The van der Waals surface area contributed by atoms with Gasteiger partial charge in [0.2, 0.25) is 0 Å². The number of hydrogen-bond acceptors (Lipinski definition) is 2. The Morgan fingerprint density at radius 2 is 1.71 bits per heavy atom. The molecule has 2 aliphatic carbocycles. The van der Waals surface area contributed by atoms with E-state index in [4.69, 9.17) is 4.98 Å². The fourth-order valence-electron chi connectivity index (χ4n) is 4.18. The third kappa shape index (κ3) is 3.38. The van der Waals surface area contributed by atoms with E-state index >= 15 is 0 Å². The van der Waals surface area contributed by atoms with E-state index in [1.54, 1.807) is 6.07 Å². The first-order valence-corrected chi connectivity index (χ1v) is 8.74. The van der Waals surface area contributed by atoms with Gasteiger partial charge in [-0.3, -0.25) is 4.79 Å². The standard InChI is InChI=1S/C18H28N2O/c1-12(2)13-7-9-15(10-8-13)18-19-16(11-17(21)20-18)14-5-3-4-6-14/h11-15H,3-10H2,1-2H3,(H,19,20,21). The second-order valence-electron chi connectivity index (χ2n) is 7.39. The zero-order valence-electron chi connectivity index (χ0n) is 13.4. The second-order valence-corrected chi connectivity index (χ2v) is 7.39. The van der Waals surface area contributed by atoms with Gasteiger partial charge < -0.3 is 4.98 Å². The molecule has 3 heteroatoms. The molecule has 0 radical (unpaired) electrons. The third-order valence-electron chi connectivity index (χ3n) is 5.65. The molecule has 0 unspecified atom stereocenters. The summed E-state index contributed by atoms with van der Waals surface area (Å²) in [6.07, 6.45) is 9.90. The molecule has 0 bridgehead atoms. The van der Waals surface area contributed by atoms with Gasteiger partial charge in [0.05, 0.1) is 5.69 Å². The molecular formula is C18H28N2O. The van der Waals surface area contributed by atoms with Crippen LogP contribution in [0.25, 0.3) is 0 Å². The maximum absolute atomic E-state index is 12.0. The van der Waals surface area contributed by atoms with E-state index < -0.39 is 0 Å². The molecule has 21 heavy (non-hydrogen) atoms. The molecular weight excluding hydrogens is 260 g/mol. The van der Waals surface area contributed by atoms with E-state index in [1.165, 1.54) is 51.4 Å². The van der Waals surface area contributed by atoms with Crippen molar-refractivity contribution >= 4 is 0 Å². The summed E-state index contributed by atoms with van der Waals surface area (Å²) < 4.78 is 0. The lowest BCUT2D eigenvalue weighted by Crippen LogP contribution is -2.22. The van der Waals surface area contributed by atoms with Crippen LogP contribution in [0.2, 0.25) is 0 Å². The minimum Gasteiger partial charge on any atom is -0.310 e. The van der Waals surface area contributed by atoms with Crippen molar-refractivity contribution in [2.45, 2.75) is 77.0 Å². The molecule has 0 spiro atoms. The summed E-state index contributed by atoms with van der Waals surface area (Å²) in [7, 11) is 0. The van der Waals surface area contributed by atoms with Crippen molar-refractivity contribution < 1.29 is 0 Å². The van der Waals surface area contributed by atoms with Gasteiger partial charge in [-0.05, 0) is 50.4 Å². The van der Waals surface area contributed by atoms with Crippen molar-refractivity contribution in [2.75, 3.05) is 0 Å². The first kappa shape index (κ1) is 14.8. The lowest BCUT2D eigenvalue weighted by atomic mass is 9.76. The van der Waals surface area contributed by atoms with Gasteiger partial charge in [0.1, 0.15) is 5.82 Å². The van der Waals surface area contributed by atoms with Crippen molar-refractivity contribution in [1.29, 1.82) is 0 Å². The minimum absolute atomic E-state index is 0.0490. The number of hydrogen-bond donors (Lipinski definition) is 1. The normalized spacial score (nSPS) is 27.4. The first-order valence-electron chi connectivity index (χ1n) is 8.74. The topological polar surface area (TPSA) is 45.8 Å². The van der Waals surface area contributed by atoms with E-state index in [-0.39, 0.29) is 5.56 Å². The van der Waals surface area contributed by atoms with Crippen molar-refractivity contribution in [3.05, 3.63) is 27.9 Å². The van der Waals surface area contributed by atoms with Crippen molar-refractivity contribution in [3.8, 4) is 0 Å². The van der Waals surface area contributed by atoms with Gasteiger partial charge in [0.15, 0.2) is 0 Å². The van der Waals surface area contributed by atoms with Gasteiger partial charge in [0, 0.05) is 17.9 Å². The largest absolute Gasteiger partial charge is 0.310 e. The Labute approximate surface area is 127 Å². The number of rotatable bonds is 3. The molecule has 0 atom stereocenters. The van der Waals surface area contributed by atoms with E-state index in [1.807, 2.05) is 0 Å². The number of nitrogens with zero attached hydrogens (tertiary/aromatic N) is 1. The third-order valence-corrected chi connectivity index (χ3v) is 5.65. The maximum Gasteiger partial charge on any atom is 0.251 e. The number of aromatic amines is 1. The lowest BCUT2D eigenvalue weighted by molar-refractivity contribution is 0.254. The predicted octanol–water partition coefficient (Wildman–Crippen LogP) is 4.36. The Hall–Kier alpha value is -1.12. The fraction of sp³-hybridized carbons (Fsp3) is 0.778. The summed E-state index contributed by atoms with van der Waals surface area (Å²) in [4.78, 5) is 19.9. The summed E-state index contributed by atoms with van der Waals surface area (Å²) in [5, 5.41) is 0. The van der Waals surface area contributed by atoms with Crippen molar-refractivity contribution in [3.63, 3.8) is 0 Å². The molecule has 1 heterocycles. The summed E-state index contributed by atoms with van der Waals surface area (Å²) in [5.74, 6) is 3.59. The van der Waals surface area contributed by atoms with Crippen LogP contribution in [0.1, 0.15) is 88.6 Å². The Kier molecular flexibility index (Phi) is 4.46. The second kappa shape index (κ2) is 6.33. The van der Waals surface area contributed by atoms with Crippen LogP contribution in [0.5, 0.6) is 0 Å². The van der Waals surface area contributed by atoms with E-state index in [0.29, 0.717) is 11.8 Å². The molecule has 0 aromatic carbocycles. The first-order chi connectivity index (χ1) is 10.1. The van der Waals surface area contributed by atoms with Gasteiger partial charge in [-0.1, -0.05) is 26.7 Å². The Morgan fingerprint density at radius 3 is 2.33 bits per heavy atom. The maximum atomic E-state index is 12.0. The minimum atomic E-state index is 0.0490. The zero-order valence-corrected chi connectivity index (χ0v) is 13.4. The van der Waals surface area contributed by atoms with E-state index in [0.717, 1.165) is 23.4 Å². The Balaban J connectivity index is 1.75. The van der Waals surface area contributed by atoms with E-state index in [9.17, 15) is 4.79 Å². The van der Waals surface area contributed by atoms with Crippen molar-refractivity contribution in [1.82, 2.24) is 9.97 Å². The van der Waals surface area contributed by atoms with Crippen LogP contribution >= 0.6 is 0 Å². The molecule has 0 aliphatic heterocycles. The SMILES string of the molecule is CC(C)C1CCC(c2nc(C3CCCC3)cc(=O)[nH]2)CC1.